The minimum atomic E-state index is 0.318. The lowest BCUT2D eigenvalue weighted by molar-refractivity contribution is 0.180. The van der Waals surface area contributed by atoms with Crippen LogP contribution in [0.3, 0.4) is 0 Å². The number of nitrogens with one attached hydrogen (secondary N) is 1. The smallest absolute Gasteiger partial charge is 0.0793 e. The minimum Gasteiger partial charge on any atom is -0.330 e. The molecule has 2 aromatic carbocycles. The van der Waals surface area contributed by atoms with Crippen LogP contribution < -0.4 is 28.3 Å². The van der Waals surface area contributed by atoms with Gasteiger partial charge in [-0.25, -0.2) is 0 Å². The van der Waals surface area contributed by atoms with Gasteiger partial charge in [0.15, 0.2) is 0 Å². The lowest BCUT2D eigenvalue weighted by atomic mass is 9.71. The van der Waals surface area contributed by atoms with E-state index in [1.165, 1.54) is 36.0 Å². The van der Waals surface area contributed by atoms with Gasteiger partial charge in [0, 0.05) is 22.9 Å². The van der Waals surface area contributed by atoms with Crippen molar-refractivity contribution in [2.75, 3.05) is 32.7 Å². The first-order chi connectivity index (χ1) is 18.1. The van der Waals surface area contributed by atoms with Gasteiger partial charge in [0.05, 0.1) is 5.37 Å². The van der Waals surface area contributed by atoms with E-state index in [1.807, 2.05) is 0 Å². The van der Waals surface area contributed by atoms with Gasteiger partial charge in [0.25, 0.3) is 0 Å². The van der Waals surface area contributed by atoms with E-state index in [9.17, 15) is 0 Å². The first-order valence-electron chi connectivity index (χ1n) is 14.1. The molecule has 1 aliphatic heterocycles. The molecule has 0 amide bonds. The van der Waals surface area contributed by atoms with E-state index < -0.39 is 0 Å². The van der Waals surface area contributed by atoms with E-state index in [0.717, 1.165) is 74.2 Å². The maximum Gasteiger partial charge on any atom is 0.0793 e. The number of thioether (sulfide) groups is 1. The van der Waals surface area contributed by atoms with Crippen LogP contribution in [-0.4, -0.2) is 38.0 Å². The Hall–Kier alpha value is -1.85. The van der Waals surface area contributed by atoms with Crippen molar-refractivity contribution in [3.05, 3.63) is 70.3 Å². The highest BCUT2D eigenvalue weighted by atomic mass is 32.2. The summed E-state index contributed by atoms with van der Waals surface area (Å²) in [5.74, 6) is 9.06. The third kappa shape index (κ3) is 8.07. The van der Waals surface area contributed by atoms with Crippen molar-refractivity contribution in [1.29, 1.82) is 0 Å². The van der Waals surface area contributed by atoms with Gasteiger partial charge in [-0.05, 0) is 130 Å². The molecule has 0 aromatic heterocycles. The number of nitrogens with two attached hydrogens (primary N) is 4. The van der Waals surface area contributed by atoms with E-state index in [-0.39, 0.29) is 0 Å². The lowest BCUT2D eigenvalue weighted by Gasteiger charge is -2.37. The predicted molar refractivity (Wildman–Crippen MR) is 158 cm³/mol. The second-order valence-electron chi connectivity index (χ2n) is 10.8. The first-order valence-corrected chi connectivity index (χ1v) is 15.0. The molecule has 1 heterocycles. The van der Waals surface area contributed by atoms with Crippen LogP contribution in [0.1, 0.15) is 65.3 Å². The predicted octanol–water partition coefficient (Wildman–Crippen LogP) is 3.52. The van der Waals surface area contributed by atoms with Gasteiger partial charge in [0.1, 0.15) is 0 Å². The molecule has 1 aliphatic carbocycles. The highest BCUT2D eigenvalue weighted by molar-refractivity contribution is 8.00. The lowest BCUT2D eigenvalue weighted by Crippen LogP contribution is -2.32. The van der Waals surface area contributed by atoms with Crippen LogP contribution in [0, 0.1) is 29.6 Å². The summed E-state index contributed by atoms with van der Waals surface area (Å²) in [5.41, 5.74) is 29.3. The Morgan fingerprint density at radius 3 is 2.03 bits per heavy atom. The van der Waals surface area contributed by atoms with Gasteiger partial charge >= 0.3 is 0 Å². The third-order valence-electron chi connectivity index (χ3n) is 7.89. The van der Waals surface area contributed by atoms with Crippen LogP contribution in [0.2, 0.25) is 0 Å². The molecule has 37 heavy (non-hydrogen) atoms. The Kier molecular flexibility index (Phi) is 10.9. The molecule has 1 saturated heterocycles. The van der Waals surface area contributed by atoms with E-state index >= 15 is 0 Å². The zero-order chi connectivity index (χ0) is 26.0. The maximum absolute atomic E-state index is 5.93. The molecule has 1 saturated carbocycles. The van der Waals surface area contributed by atoms with Crippen molar-refractivity contribution in [3.8, 4) is 11.8 Å². The third-order valence-corrected chi connectivity index (χ3v) is 9.50. The topological polar surface area (TPSA) is 116 Å². The van der Waals surface area contributed by atoms with Crippen molar-refractivity contribution in [2.24, 2.45) is 40.7 Å². The fraction of sp³-hybridized carbons (Fsp3) is 0.548. The van der Waals surface area contributed by atoms with Crippen molar-refractivity contribution in [1.82, 2.24) is 5.32 Å². The zero-order valence-electron chi connectivity index (χ0n) is 22.1. The number of hydrogen-bond acceptors (Lipinski definition) is 6. The number of hydrogen-bond donors (Lipinski definition) is 5. The van der Waals surface area contributed by atoms with Gasteiger partial charge in [-0.3, -0.25) is 0 Å². The Morgan fingerprint density at radius 1 is 0.757 bits per heavy atom. The quantitative estimate of drug-likeness (QED) is 0.307. The summed E-state index contributed by atoms with van der Waals surface area (Å²) in [6.45, 7) is 3.93. The molecule has 0 radical (unpaired) electrons. The molecular weight excluding hydrogens is 474 g/mol. The van der Waals surface area contributed by atoms with Gasteiger partial charge in [0.2, 0.25) is 0 Å². The van der Waals surface area contributed by atoms with Crippen molar-refractivity contribution < 1.29 is 0 Å². The average molecular weight is 520 g/mol. The Labute approximate surface area is 227 Å². The van der Waals surface area contributed by atoms with E-state index in [2.05, 4.69) is 71.4 Å². The largest absolute Gasteiger partial charge is 0.330 e. The molecule has 0 bridgehead atoms. The summed E-state index contributed by atoms with van der Waals surface area (Å²) in [6.07, 6.45) is 7.94. The standard InChI is InChI=1S/C31H45N5S/c32-10-6-24-14-23(15-25(16-24)7-11-33)5-4-22-2-1-3-28(18-22)31-36-21-30(37-31)29-19-26(8-12-34)17-27(20-29)9-13-35/h1-3,14-16,18,26-27,29-31,36H,6-13,17,19-21,32-35H2. The average Bonchev–Trinajstić information content (AvgIpc) is 3.39. The summed E-state index contributed by atoms with van der Waals surface area (Å²) < 4.78 is 0. The second kappa shape index (κ2) is 14.3. The molecule has 2 fully saturated rings. The Balaban J connectivity index is 1.44. The molecule has 2 aromatic rings. The SMILES string of the molecule is NCCc1cc(C#Cc2cccc(C3NCC(C4CC(CCN)CC(CCN)C4)S3)c2)cc(CCN)c1. The molecular formula is C31H45N5S. The normalized spacial score (nSPS) is 25.6. The first kappa shape index (κ1) is 28.2. The van der Waals surface area contributed by atoms with Crippen LogP contribution in [-0.2, 0) is 12.8 Å². The molecule has 200 valence electrons. The Bertz CT molecular complexity index is 1020. The summed E-state index contributed by atoms with van der Waals surface area (Å²) in [5, 5.41) is 4.76. The molecule has 6 heteroatoms. The summed E-state index contributed by atoms with van der Waals surface area (Å²) in [6, 6.07) is 15.2. The second-order valence-corrected chi connectivity index (χ2v) is 12.2. The fourth-order valence-electron chi connectivity index (χ4n) is 6.21. The maximum atomic E-state index is 5.93. The molecule has 4 unspecified atom stereocenters. The van der Waals surface area contributed by atoms with Crippen molar-refractivity contribution >= 4 is 11.8 Å². The van der Waals surface area contributed by atoms with Crippen LogP contribution in [0.5, 0.6) is 0 Å². The zero-order valence-corrected chi connectivity index (χ0v) is 22.9. The number of rotatable bonds is 10. The minimum absolute atomic E-state index is 0.318. The van der Waals surface area contributed by atoms with Gasteiger partial charge in [-0.1, -0.05) is 30.0 Å². The van der Waals surface area contributed by atoms with Gasteiger partial charge < -0.3 is 28.3 Å². The van der Waals surface area contributed by atoms with Gasteiger partial charge in [-0.2, -0.15) is 0 Å². The highest BCUT2D eigenvalue weighted by Crippen LogP contribution is 2.46. The van der Waals surface area contributed by atoms with Crippen molar-refractivity contribution in [2.45, 2.75) is 55.6 Å². The number of benzene rings is 2. The molecule has 4 rings (SSSR count). The molecule has 9 N–H and O–H groups in total. The van der Waals surface area contributed by atoms with Crippen LogP contribution in [0.15, 0.2) is 42.5 Å². The summed E-state index contributed by atoms with van der Waals surface area (Å²) >= 11 is 2.10. The van der Waals surface area contributed by atoms with Crippen LogP contribution >= 0.6 is 11.8 Å². The monoisotopic (exact) mass is 519 g/mol. The van der Waals surface area contributed by atoms with Crippen LogP contribution in [0.25, 0.3) is 0 Å². The van der Waals surface area contributed by atoms with E-state index in [0.29, 0.717) is 23.7 Å². The fourth-order valence-corrected chi connectivity index (χ4v) is 7.69. The molecule has 5 nitrogen and oxygen atoms in total. The molecule has 4 atom stereocenters. The summed E-state index contributed by atoms with van der Waals surface area (Å²) in [7, 11) is 0. The highest BCUT2D eigenvalue weighted by Gasteiger charge is 2.37. The Morgan fingerprint density at radius 2 is 1.41 bits per heavy atom. The van der Waals surface area contributed by atoms with Crippen LogP contribution in [0.4, 0.5) is 0 Å². The molecule has 0 spiro atoms. The summed E-state index contributed by atoms with van der Waals surface area (Å²) in [4.78, 5) is 0. The van der Waals surface area contributed by atoms with E-state index in [1.54, 1.807) is 0 Å². The van der Waals surface area contributed by atoms with Gasteiger partial charge in [-0.15, -0.1) is 11.8 Å². The molecule has 2 aliphatic rings. The van der Waals surface area contributed by atoms with E-state index in [4.69, 9.17) is 22.9 Å². The van der Waals surface area contributed by atoms with Crippen molar-refractivity contribution in [3.63, 3.8) is 0 Å².